The Morgan fingerprint density at radius 3 is 2.39 bits per heavy atom. The molecule has 16 heteroatoms. The number of nitrogens with zero attached hydrogens (tertiary/aromatic N) is 6. The van der Waals surface area contributed by atoms with Gasteiger partial charge in [-0.1, -0.05) is 24.1 Å². The lowest BCUT2D eigenvalue weighted by atomic mass is 9.65. The standard InChI is InChI=1S/C60H72F2N10O4/c1-4-45-49(61)11-6-40-27-44(74)29-47(52(40)45)55-53(62)56-48(30-66-55)57(72-32-42-8-9-43(33-72)67-42)69-58(68-56)76-36-60(19-20-60)35-71-25-21-59(22-26-71)17-13-37(14-18-59)31-70-23-15-38(16-24-70)39-5-10-46(50(28-39)64-2)54(63)41(34-73)7-12-51(75)65-3/h1,5-6,10-11,27-30,34,37-38,41-43,63-64,67,74H,7-9,12-26,31-33,35-36H2,2-3H3,(H,65,75). The van der Waals surface area contributed by atoms with Gasteiger partial charge in [0.05, 0.1) is 29.2 Å². The van der Waals surface area contributed by atoms with Gasteiger partial charge >= 0.3 is 6.01 Å². The van der Waals surface area contributed by atoms with Crippen molar-refractivity contribution in [3.8, 4) is 35.4 Å². The van der Waals surface area contributed by atoms with Crippen LogP contribution >= 0.6 is 0 Å². The van der Waals surface area contributed by atoms with Crippen molar-refractivity contribution in [3.05, 3.63) is 77.0 Å². The van der Waals surface area contributed by atoms with E-state index in [1.54, 1.807) is 13.2 Å². The van der Waals surface area contributed by atoms with Crippen molar-refractivity contribution < 1.29 is 28.2 Å². The number of ether oxygens (including phenoxy) is 1. The van der Waals surface area contributed by atoms with Gasteiger partial charge in [-0.2, -0.15) is 9.97 Å². The lowest BCUT2D eigenvalue weighted by Gasteiger charge is -2.47. The fraction of sp³-hybridized carbons (Fsp3) is 0.533. The number of carbonyl (C=O) groups is 2. The molecule has 6 aliphatic rings. The Morgan fingerprint density at radius 1 is 0.961 bits per heavy atom. The van der Waals surface area contributed by atoms with Crippen LogP contribution in [0, 0.1) is 52.1 Å². The lowest BCUT2D eigenvalue weighted by Crippen LogP contribution is -2.51. The van der Waals surface area contributed by atoms with Crippen molar-refractivity contribution in [1.29, 1.82) is 5.41 Å². The van der Waals surface area contributed by atoms with E-state index >= 15 is 8.78 Å². The zero-order valence-electron chi connectivity index (χ0n) is 44.0. The van der Waals surface area contributed by atoms with Crippen molar-refractivity contribution in [3.63, 3.8) is 0 Å². The monoisotopic (exact) mass is 1030 g/mol. The van der Waals surface area contributed by atoms with E-state index in [4.69, 9.17) is 26.5 Å². The van der Waals surface area contributed by atoms with Gasteiger partial charge in [0.15, 0.2) is 5.82 Å². The summed E-state index contributed by atoms with van der Waals surface area (Å²) in [4.78, 5) is 45.6. The summed E-state index contributed by atoms with van der Waals surface area (Å²) in [7, 11) is 3.44. The van der Waals surface area contributed by atoms with Crippen LogP contribution in [0.2, 0.25) is 0 Å². The van der Waals surface area contributed by atoms with E-state index in [1.165, 1.54) is 74.9 Å². The number of aldehydes is 1. The van der Waals surface area contributed by atoms with Crippen molar-refractivity contribution in [2.75, 3.05) is 83.3 Å². The number of likely N-dealkylation sites (tertiary alicyclic amines) is 2. The Balaban J connectivity index is 0.692. The van der Waals surface area contributed by atoms with Crippen LogP contribution in [0.3, 0.4) is 0 Å². The van der Waals surface area contributed by atoms with Gasteiger partial charge in [0.25, 0.3) is 0 Å². The number of carbonyl (C=O) groups excluding carboxylic acids is 2. The number of anilines is 2. The highest BCUT2D eigenvalue weighted by atomic mass is 19.1. The minimum Gasteiger partial charge on any atom is -0.508 e. The molecule has 2 aliphatic carbocycles. The minimum absolute atomic E-state index is 0.0146. The van der Waals surface area contributed by atoms with Gasteiger partial charge in [0.2, 0.25) is 5.91 Å². The van der Waals surface area contributed by atoms with Crippen LogP contribution in [0.25, 0.3) is 32.9 Å². The van der Waals surface area contributed by atoms with Gasteiger partial charge in [-0.3, -0.25) is 9.78 Å². The second-order valence-electron chi connectivity index (χ2n) is 23.2. The third-order valence-corrected chi connectivity index (χ3v) is 18.4. The summed E-state index contributed by atoms with van der Waals surface area (Å²) in [5.74, 6) is 1.98. The van der Waals surface area contributed by atoms with Gasteiger partial charge in [-0.25, -0.2) is 8.78 Å². The van der Waals surface area contributed by atoms with E-state index in [0.29, 0.717) is 64.0 Å². The molecular formula is C60H72F2N10O4. The van der Waals surface area contributed by atoms with Crippen LogP contribution in [-0.2, 0) is 9.59 Å². The van der Waals surface area contributed by atoms with E-state index < -0.39 is 17.6 Å². The third kappa shape index (κ3) is 10.6. The van der Waals surface area contributed by atoms with Gasteiger partial charge in [0.1, 0.15) is 34.9 Å². The predicted octanol–water partition coefficient (Wildman–Crippen LogP) is 8.81. The van der Waals surface area contributed by atoms with Crippen LogP contribution in [0.4, 0.5) is 20.3 Å². The number of benzene rings is 3. The highest BCUT2D eigenvalue weighted by molar-refractivity contribution is 6.10. The number of rotatable bonds is 17. The number of fused-ring (bicyclic) bond motifs is 4. The number of aromatic nitrogens is 3. The average Bonchev–Trinajstić information content (AvgIpc) is 4.13. The number of amides is 1. The van der Waals surface area contributed by atoms with Crippen LogP contribution in [0.5, 0.6) is 11.8 Å². The molecule has 0 radical (unpaired) electrons. The highest BCUT2D eigenvalue weighted by Gasteiger charge is 2.47. The molecule has 2 aromatic heterocycles. The van der Waals surface area contributed by atoms with Crippen molar-refractivity contribution in [1.82, 2.24) is 35.4 Å². The Hall–Kier alpha value is -6.28. The summed E-state index contributed by atoms with van der Waals surface area (Å²) in [5.41, 5.74) is 3.63. The van der Waals surface area contributed by atoms with E-state index in [-0.39, 0.29) is 57.6 Å². The number of aromatic hydroxyl groups is 1. The molecule has 5 N–H and O–H groups in total. The van der Waals surface area contributed by atoms with Gasteiger partial charge in [-0.15, -0.1) is 6.42 Å². The number of terminal acetylenes is 1. The molecule has 2 saturated carbocycles. The lowest BCUT2D eigenvalue weighted by molar-refractivity contribution is -0.120. The number of hydrogen-bond donors (Lipinski definition) is 5. The first kappa shape index (κ1) is 51.8. The fourth-order valence-electron chi connectivity index (χ4n) is 13.6. The fourth-order valence-corrected chi connectivity index (χ4v) is 13.6. The van der Waals surface area contributed by atoms with Crippen molar-refractivity contribution >= 4 is 51.1 Å². The molecule has 6 heterocycles. The topological polar surface area (TPSA) is 172 Å². The zero-order chi connectivity index (χ0) is 52.7. The smallest absolute Gasteiger partial charge is 0.319 e. The van der Waals surface area contributed by atoms with Crippen LogP contribution in [-0.4, -0.2) is 133 Å². The molecule has 4 saturated heterocycles. The Kier molecular flexibility index (Phi) is 14.7. The summed E-state index contributed by atoms with van der Waals surface area (Å²) >= 11 is 0. The Labute approximate surface area is 444 Å². The molecule has 5 aromatic rings. The molecule has 14 nitrogen and oxygen atoms in total. The molecule has 3 atom stereocenters. The molecule has 1 amide bonds. The quantitative estimate of drug-likeness (QED) is 0.0341. The number of hydrogen-bond acceptors (Lipinski definition) is 13. The molecule has 3 unspecified atom stereocenters. The first-order valence-electron chi connectivity index (χ1n) is 27.8. The largest absolute Gasteiger partial charge is 0.508 e. The molecule has 76 heavy (non-hydrogen) atoms. The SMILES string of the molecule is C#Cc1c(F)ccc2cc(O)cc(-c3ncc4c(N5CC6CCC(C5)N6)nc(OCC5(CN6CCC7(CCC(CN8CCC(c9ccc(C(=N)C(C=O)CCC(=O)NC)c(NC)c9)CC8)CC7)CC6)CC5)nc4c3F)c12. The molecule has 400 valence electrons. The summed E-state index contributed by atoms with van der Waals surface area (Å²) in [6.07, 6.45) is 22.7. The number of piperazine rings is 1. The van der Waals surface area contributed by atoms with Gasteiger partial charge in [0, 0.05) is 92.6 Å². The summed E-state index contributed by atoms with van der Waals surface area (Å²) in [6, 6.07) is 12.6. The van der Waals surface area contributed by atoms with Crippen LogP contribution in [0.1, 0.15) is 112 Å². The number of phenolic OH excluding ortho intramolecular Hbond substituents is 1. The van der Waals surface area contributed by atoms with E-state index in [2.05, 4.69) is 53.7 Å². The van der Waals surface area contributed by atoms with Gasteiger partial charge < -0.3 is 50.7 Å². The molecule has 2 bridgehead atoms. The molecular weight excluding hydrogens is 963 g/mol. The number of nitrogens with one attached hydrogen (secondary N) is 4. The van der Waals surface area contributed by atoms with Gasteiger partial charge in [-0.05, 0) is 162 Å². The minimum atomic E-state index is -0.714. The first-order valence-corrected chi connectivity index (χ1v) is 27.8. The number of halogens is 2. The van der Waals surface area contributed by atoms with E-state index in [1.807, 2.05) is 13.1 Å². The normalized spacial score (nSPS) is 22.1. The number of piperidine rings is 2. The maximum Gasteiger partial charge on any atom is 0.319 e. The average molecular weight is 1040 g/mol. The molecule has 11 rings (SSSR count). The summed E-state index contributed by atoms with van der Waals surface area (Å²) in [5, 5.41) is 30.3. The summed E-state index contributed by atoms with van der Waals surface area (Å²) < 4.78 is 38.8. The number of phenols is 1. The Bertz CT molecular complexity index is 3050. The second-order valence-corrected chi connectivity index (χ2v) is 23.2. The molecule has 4 aliphatic heterocycles. The molecule has 6 fully saturated rings. The second kappa shape index (κ2) is 21.6. The first-order chi connectivity index (χ1) is 36.9. The Morgan fingerprint density at radius 2 is 1.71 bits per heavy atom. The van der Waals surface area contributed by atoms with Crippen LogP contribution in [0.15, 0.2) is 48.7 Å². The van der Waals surface area contributed by atoms with Crippen LogP contribution < -0.4 is 25.6 Å². The zero-order valence-corrected chi connectivity index (χ0v) is 44.0. The number of pyridine rings is 1. The maximum atomic E-state index is 17.2. The summed E-state index contributed by atoms with van der Waals surface area (Å²) in [6.45, 7) is 8.35. The third-order valence-electron chi connectivity index (χ3n) is 18.4. The maximum absolute atomic E-state index is 17.2. The van der Waals surface area contributed by atoms with E-state index in [9.17, 15) is 14.7 Å². The predicted molar refractivity (Wildman–Crippen MR) is 293 cm³/mol. The molecule has 1 spiro atoms. The van der Waals surface area contributed by atoms with Crippen molar-refractivity contribution in [2.24, 2.45) is 22.7 Å². The van der Waals surface area contributed by atoms with E-state index in [0.717, 1.165) is 102 Å². The molecule has 3 aromatic carbocycles. The van der Waals surface area contributed by atoms with Crippen molar-refractivity contribution in [2.45, 2.75) is 108 Å². The highest BCUT2D eigenvalue weighted by Crippen LogP contribution is 2.51.